The summed E-state index contributed by atoms with van der Waals surface area (Å²) in [6, 6.07) is 5.35. The quantitative estimate of drug-likeness (QED) is 0.808. The molecule has 0 bridgehead atoms. The Labute approximate surface area is 109 Å². The average Bonchev–Trinajstić information content (AvgIpc) is 2.35. The highest BCUT2D eigenvalue weighted by molar-refractivity contribution is 5.49. The Balaban J connectivity index is 2.84. The second-order valence-electron chi connectivity index (χ2n) is 4.51. The van der Waals surface area contributed by atoms with Gasteiger partial charge < -0.3 is 15.0 Å². The highest BCUT2D eigenvalue weighted by Crippen LogP contribution is 2.19. The molecule has 1 atom stereocenters. The third-order valence-electron chi connectivity index (χ3n) is 3.00. The minimum Gasteiger partial charge on any atom is -0.383 e. The first kappa shape index (κ1) is 14.9. The second kappa shape index (κ2) is 7.34. The van der Waals surface area contributed by atoms with Crippen molar-refractivity contribution < 1.29 is 9.13 Å². The number of hydrogen-bond acceptors (Lipinski definition) is 3. The van der Waals surface area contributed by atoms with Gasteiger partial charge in [0, 0.05) is 32.4 Å². The van der Waals surface area contributed by atoms with Crippen LogP contribution in [0.2, 0.25) is 0 Å². The Hall–Kier alpha value is -1.13. The molecule has 1 unspecified atom stereocenters. The maximum absolute atomic E-state index is 13.6. The summed E-state index contributed by atoms with van der Waals surface area (Å²) in [6.07, 6.45) is 0. The predicted molar refractivity (Wildman–Crippen MR) is 73.5 cm³/mol. The molecule has 0 aromatic heterocycles. The Morgan fingerprint density at radius 1 is 1.39 bits per heavy atom. The molecule has 0 aliphatic rings. The number of ether oxygens (including phenoxy) is 1. The van der Waals surface area contributed by atoms with Crippen LogP contribution in [0.1, 0.15) is 19.4 Å². The van der Waals surface area contributed by atoms with Crippen LogP contribution in [0.5, 0.6) is 0 Å². The fraction of sp³-hybridized carbons (Fsp3) is 0.571. The van der Waals surface area contributed by atoms with E-state index in [4.69, 9.17) is 4.74 Å². The van der Waals surface area contributed by atoms with Crippen LogP contribution in [0.4, 0.5) is 10.1 Å². The third-order valence-corrected chi connectivity index (χ3v) is 3.00. The molecule has 0 saturated heterocycles. The van der Waals surface area contributed by atoms with E-state index in [1.165, 1.54) is 0 Å². The van der Waals surface area contributed by atoms with Crippen molar-refractivity contribution in [3.8, 4) is 0 Å². The van der Waals surface area contributed by atoms with E-state index in [1.54, 1.807) is 19.2 Å². The van der Waals surface area contributed by atoms with Crippen LogP contribution in [0, 0.1) is 5.82 Å². The molecule has 1 rings (SSSR count). The van der Waals surface area contributed by atoms with E-state index in [1.807, 2.05) is 24.9 Å². The standard InChI is InChI=1S/C14H23FN2O/c1-5-16-9-12-6-13(15)8-14(7-12)17(3)11(2)10-18-4/h6-8,11,16H,5,9-10H2,1-4H3. The Morgan fingerprint density at radius 2 is 2.11 bits per heavy atom. The van der Waals surface area contributed by atoms with Crippen LogP contribution in [0.15, 0.2) is 18.2 Å². The lowest BCUT2D eigenvalue weighted by Gasteiger charge is -2.27. The molecule has 4 heteroatoms. The van der Waals surface area contributed by atoms with Gasteiger partial charge in [-0.15, -0.1) is 0 Å². The van der Waals surface area contributed by atoms with Gasteiger partial charge >= 0.3 is 0 Å². The van der Waals surface area contributed by atoms with Gasteiger partial charge in [-0.05, 0) is 37.2 Å². The molecule has 0 aliphatic heterocycles. The highest BCUT2D eigenvalue weighted by Gasteiger charge is 2.11. The van der Waals surface area contributed by atoms with Gasteiger partial charge in [-0.1, -0.05) is 6.92 Å². The fourth-order valence-electron chi connectivity index (χ4n) is 1.82. The van der Waals surface area contributed by atoms with Crippen molar-refractivity contribution >= 4 is 5.69 Å². The van der Waals surface area contributed by atoms with Gasteiger partial charge in [-0.3, -0.25) is 0 Å². The Morgan fingerprint density at radius 3 is 2.72 bits per heavy atom. The van der Waals surface area contributed by atoms with Crippen molar-refractivity contribution in [3.05, 3.63) is 29.6 Å². The summed E-state index contributed by atoms with van der Waals surface area (Å²) in [5, 5.41) is 3.20. The molecule has 18 heavy (non-hydrogen) atoms. The second-order valence-corrected chi connectivity index (χ2v) is 4.51. The molecular formula is C14H23FN2O. The largest absolute Gasteiger partial charge is 0.383 e. The minimum atomic E-state index is -0.197. The Kier molecular flexibility index (Phi) is 6.09. The van der Waals surface area contributed by atoms with Gasteiger partial charge in [0.2, 0.25) is 0 Å². The van der Waals surface area contributed by atoms with Gasteiger partial charge in [-0.2, -0.15) is 0 Å². The smallest absolute Gasteiger partial charge is 0.125 e. The fourth-order valence-corrected chi connectivity index (χ4v) is 1.82. The van der Waals surface area contributed by atoms with E-state index in [0.717, 1.165) is 17.8 Å². The summed E-state index contributed by atoms with van der Waals surface area (Å²) in [6.45, 7) is 6.27. The first-order valence-electron chi connectivity index (χ1n) is 6.30. The first-order valence-corrected chi connectivity index (χ1v) is 6.30. The molecule has 0 fully saturated rings. The van der Waals surface area contributed by atoms with Crippen LogP contribution < -0.4 is 10.2 Å². The van der Waals surface area contributed by atoms with E-state index in [-0.39, 0.29) is 11.9 Å². The van der Waals surface area contributed by atoms with Crippen molar-refractivity contribution in [1.82, 2.24) is 5.32 Å². The number of hydrogen-bond donors (Lipinski definition) is 1. The zero-order valence-corrected chi connectivity index (χ0v) is 11.7. The van der Waals surface area contributed by atoms with Crippen LogP contribution in [-0.2, 0) is 11.3 Å². The number of anilines is 1. The molecule has 102 valence electrons. The first-order chi connectivity index (χ1) is 8.58. The minimum absolute atomic E-state index is 0.197. The monoisotopic (exact) mass is 254 g/mol. The number of benzene rings is 1. The van der Waals surface area contributed by atoms with Gasteiger partial charge in [0.15, 0.2) is 0 Å². The SMILES string of the molecule is CCNCc1cc(F)cc(N(C)C(C)COC)c1. The van der Waals surface area contributed by atoms with Crippen LogP contribution >= 0.6 is 0 Å². The van der Waals surface area contributed by atoms with E-state index in [0.29, 0.717) is 13.2 Å². The average molecular weight is 254 g/mol. The number of nitrogens with zero attached hydrogens (tertiary/aromatic N) is 1. The zero-order valence-electron chi connectivity index (χ0n) is 11.7. The summed E-state index contributed by atoms with van der Waals surface area (Å²) in [4.78, 5) is 2.03. The van der Waals surface area contributed by atoms with E-state index in [9.17, 15) is 4.39 Å². The number of halogens is 1. The maximum atomic E-state index is 13.6. The lowest BCUT2D eigenvalue weighted by Crippen LogP contribution is -2.32. The summed E-state index contributed by atoms with van der Waals surface area (Å²) in [7, 11) is 3.63. The zero-order chi connectivity index (χ0) is 13.5. The topological polar surface area (TPSA) is 24.5 Å². The van der Waals surface area contributed by atoms with Gasteiger partial charge in [0.1, 0.15) is 5.82 Å². The number of rotatable bonds is 7. The molecule has 0 radical (unpaired) electrons. The summed E-state index contributed by atoms with van der Waals surface area (Å²) < 4.78 is 18.7. The molecule has 1 N–H and O–H groups in total. The molecule has 1 aromatic rings. The van der Waals surface area contributed by atoms with Gasteiger partial charge in [0.25, 0.3) is 0 Å². The lowest BCUT2D eigenvalue weighted by atomic mass is 10.1. The van der Waals surface area contributed by atoms with Crippen molar-refractivity contribution in [3.63, 3.8) is 0 Å². The molecule has 0 aliphatic carbocycles. The molecule has 0 heterocycles. The van der Waals surface area contributed by atoms with Crippen LogP contribution in [-0.4, -0.2) is 33.4 Å². The summed E-state index contributed by atoms with van der Waals surface area (Å²) in [5.41, 5.74) is 1.84. The molecule has 0 spiro atoms. The Bertz CT molecular complexity index is 371. The predicted octanol–water partition coefficient (Wildman–Crippen LogP) is 2.41. The van der Waals surface area contributed by atoms with Gasteiger partial charge in [0.05, 0.1) is 6.61 Å². The number of likely N-dealkylation sites (N-methyl/N-ethyl adjacent to an activating group) is 1. The van der Waals surface area contributed by atoms with E-state index < -0.39 is 0 Å². The molecular weight excluding hydrogens is 231 g/mol. The van der Waals surface area contributed by atoms with Crippen molar-refractivity contribution in [1.29, 1.82) is 0 Å². The maximum Gasteiger partial charge on any atom is 0.125 e. The van der Waals surface area contributed by atoms with Crippen molar-refractivity contribution in [2.75, 3.05) is 32.2 Å². The molecule has 1 aromatic carbocycles. The number of methoxy groups -OCH3 is 1. The molecule has 0 saturated carbocycles. The highest BCUT2D eigenvalue weighted by atomic mass is 19.1. The van der Waals surface area contributed by atoms with Crippen LogP contribution in [0.3, 0.4) is 0 Å². The lowest BCUT2D eigenvalue weighted by molar-refractivity contribution is 0.183. The molecule has 0 amide bonds. The summed E-state index contributed by atoms with van der Waals surface area (Å²) >= 11 is 0. The third kappa shape index (κ3) is 4.27. The van der Waals surface area contributed by atoms with E-state index >= 15 is 0 Å². The van der Waals surface area contributed by atoms with Gasteiger partial charge in [-0.25, -0.2) is 4.39 Å². The van der Waals surface area contributed by atoms with Crippen molar-refractivity contribution in [2.45, 2.75) is 26.4 Å². The molecule has 3 nitrogen and oxygen atoms in total. The summed E-state index contributed by atoms with van der Waals surface area (Å²) in [5.74, 6) is -0.197. The van der Waals surface area contributed by atoms with Crippen LogP contribution in [0.25, 0.3) is 0 Å². The van der Waals surface area contributed by atoms with Crippen molar-refractivity contribution in [2.24, 2.45) is 0 Å². The van der Waals surface area contributed by atoms with E-state index in [2.05, 4.69) is 12.2 Å². The number of nitrogens with one attached hydrogen (secondary N) is 1. The normalized spacial score (nSPS) is 12.5.